The summed E-state index contributed by atoms with van der Waals surface area (Å²) < 4.78 is 27.8. The van der Waals surface area contributed by atoms with Gasteiger partial charge in [-0.2, -0.15) is 0 Å². The van der Waals surface area contributed by atoms with Crippen molar-refractivity contribution >= 4 is 5.96 Å². The van der Waals surface area contributed by atoms with Gasteiger partial charge in [0.1, 0.15) is 11.6 Å². The van der Waals surface area contributed by atoms with Gasteiger partial charge in [0.15, 0.2) is 5.96 Å². The number of nitrogens with zero attached hydrogens (tertiary/aromatic N) is 2. The molecule has 4 unspecified atom stereocenters. The van der Waals surface area contributed by atoms with E-state index in [2.05, 4.69) is 27.4 Å². The Kier molecular flexibility index (Phi) is 4.40. The molecule has 1 aromatic rings. The second-order valence-corrected chi connectivity index (χ2v) is 7.65. The number of rotatable bonds is 4. The van der Waals surface area contributed by atoms with Crippen molar-refractivity contribution in [3.8, 4) is 0 Å². The molecule has 0 spiro atoms. The van der Waals surface area contributed by atoms with E-state index in [1.54, 1.807) is 7.05 Å². The summed E-state index contributed by atoms with van der Waals surface area (Å²) in [6.45, 7) is 3.33. The van der Waals surface area contributed by atoms with Crippen molar-refractivity contribution in [2.75, 3.05) is 13.6 Å². The van der Waals surface area contributed by atoms with Gasteiger partial charge in [0.25, 0.3) is 0 Å². The Balaban J connectivity index is 1.33. The number of halogens is 2. The van der Waals surface area contributed by atoms with Crippen LogP contribution >= 0.6 is 0 Å². The summed E-state index contributed by atoms with van der Waals surface area (Å²) in [4.78, 5) is 6.89. The van der Waals surface area contributed by atoms with Gasteiger partial charge < -0.3 is 10.6 Å². The third-order valence-corrected chi connectivity index (χ3v) is 5.69. The van der Waals surface area contributed by atoms with E-state index in [0.29, 0.717) is 12.1 Å². The predicted octanol–water partition coefficient (Wildman–Crippen LogP) is 2.61. The standard InChI is InChI=1S/C19H26F2N4/c1-11-8-12(10-25(11)13-6-7-13)23-19(22-2)24-17-9-14(17)18-15(20)4-3-5-16(18)21/h3-5,11-14,17H,6-10H2,1-2H3,(H2,22,23,24). The Morgan fingerprint density at radius 2 is 1.88 bits per heavy atom. The zero-order chi connectivity index (χ0) is 17.6. The lowest BCUT2D eigenvalue weighted by Crippen LogP contribution is -2.45. The van der Waals surface area contributed by atoms with Gasteiger partial charge in [-0.1, -0.05) is 6.07 Å². The molecule has 1 heterocycles. The van der Waals surface area contributed by atoms with Crippen LogP contribution < -0.4 is 10.6 Å². The number of nitrogens with one attached hydrogen (secondary N) is 2. The summed E-state index contributed by atoms with van der Waals surface area (Å²) in [7, 11) is 1.74. The van der Waals surface area contributed by atoms with Gasteiger partial charge in [-0.05, 0) is 44.7 Å². The first-order valence-corrected chi connectivity index (χ1v) is 9.26. The van der Waals surface area contributed by atoms with E-state index in [4.69, 9.17) is 0 Å². The SMILES string of the molecule is CN=C(NC1CC(C)N(C2CC2)C1)NC1CC1c1c(F)cccc1F. The zero-order valence-electron chi connectivity index (χ0n) is 14.8. The second-order valence-electron chi connectivity index (χ2n) is 7.65. The van der Waals surface area contributed by atoms with Crippen LogP contribution in [0.15, 0.2) is 23.2 Å². The molecule has 3 fully saturated rings. The molecule has 25 heavy (non-hydrogen) atoms. The summed E-state index contributed by atoms with van der Waals surface area (Å²) in [6.07, 6.45) is 4.48. The van der Waals surface area contributed by atoms with Crippen molar-refractivity contribution in [1.82, 2.24) is 15.5 Å². The van der Waals surface area contributed by atoms with Crippen LogP contribution in [0.4, 0.5) is 8.78 Å². The summed E-state index contributed by atoms with van der Waals surface area (Å²) in [6, 6.07) is 5.85. The van der Waals surface area contributed by atoms with Gasteiger partial charge in [-0.15, -0.1) is 0 Å². The highest BCUT2D eigenvalue weighted by Crippen LogP contribution is 2.43. The highest BCUT2D eigenvalue weighted by atomic mass is 19.1. The molecule has 2 N–H and O–H groups in total. The molecular formula is C19H26F2N4. The Morgan fingerprint density at radius 3 is 2.52 bits per heavy atom. The highest BCUT2D eigenvalue weighted by Gasteiger charge is 2.43. The number of guanidine groups is 1. The molecule has 0 radical (unpaired) electrons. The summed E-state index contributed by atoms with van der Waals surface area (Å²) in [5.41, 5.74) is 0.199. The van der Waals surface area contributed by atoms with Crippen LogP contribution in [0.1, 0.15) is 44.1 Å². The number of benzene rings is 1. The highest BCUT2D eigenvalue weighted by molar-refractivity contribution is 5.81. The molecule has 0 bridgehead atoms. The second kappa shape index (κ2) is 6.56. The minimum Gasteiger partial charge on any atom is -0.353 e. The van der Waals surface area contributed by atoms with Crippen molar-refractivity contribution in [3.05, 3.63) is 35.4 Å². The Labute approximate surface area is 147 Å². The lowest BCUT2D eigenvalue weighted by atomic mass is 10.1. The molecule has 2 aliphatic carbocycles. The van der Waals surface area contributed by atoms with Crippen LogP contribution in [0, 0.1) is 11.6 Å². The van der Waals surface area contributed by atoms with Crippen molar-refractivity contribution in [2.45, 2.75) is 62.7 Å². The van der Waals surface area contributed by atoms with Gasteiger partial charge in [0.05, 0.1) is 0 Å². The van der Waals surface area contributed by atoms with Crippen LogP contribution in [0.3, 0.4) is 0 Å². The number of aliphatic imine (C=N–C) groups is 1. The molecule has 136 valence electrons. The first kappa shape index (κ1) is 16.8. The minimum absolute atomic E-state index is 0.0379. The molecule has 0 amide bonds. The molecule has 1 aromatic carbocycles. The first-order valence-electron chi connectivity index (χ1n) is 9.26. The normalized spacial score (nSPS) is 32.7. The molecule has 2 saturated carbocycles. The fourth-order valence-electron chi connectivity index (χ4n) is 4.15. The monoisotopic (exact) mass is 348 g/mol. The fraction of sp³-hybridized carbons (Fsp3) is 0.632. The van der Waals surface area contributed by atoms with E-state index in [1.807, 2.05) is 0 Å². The zero-order valence-corrected chi connectivity index (χ0v) is 14.8. The Bertz CT molecular complexity index is 653. The van der Waals surface area contributed by atoms with Gasteiger partial charge >= 0.3 is 0 Å². The third-order valence-electron chi connectivity index (χ3n) is 5.69. The topological polar surface area (TPSA) is 39.7 Å². The van der Waals surface area contributed by atoms with Crippen LogP contribution in [0.2, 0.25) is 0 Å². The summed E-state index contributed by atoms with van der Waals surface area (Å²) in [5.74, 6) is -0.298. The lowest BCUT2D eigenvalue weighted by Gasteiger charge is -2.20. The van der Waals surface area contributed by atoms with Crippen molar-refractivity contribution in [3.63, 3.8) is 0 Å². The van der Waals surface area contributed by atoms with E-state index < -0.39 is 11.6 Å². The van der Waals surface area contributed by atoms with Gasteiger partial charge in [-0.3, -0.25) is 9.89 Å². The van der Waals surface area contributed by atoms with Crippen LogP contribution in [0.5, 0.6) is 0 Å². The quantitative estimate of drug-likeness (QED) is 0.649. The van der Waals surface area contributed by atoms with E-state index in [-0.39, 0.29) is 17.5 Å². The van der Waals surface area contributed by atoms with E-state index in [1.165, 1.54) is 31.0 Å². The minimum atomic E-state index is -0.457. The van der Waals surface area contributed by atoms with E-state index in [9.17, 15) is 8.78 Å². The number of hydrogen-bond donors (Lipinski definition) is 2. The van der Waals surface area contributed by atoms with Gasteiger partial charge in [-0.25, -0.2) is 8.78 Å². The molecule has 4 rings (SSSR count). The molecule has 1 saturated heterocycles. The van der Waals surface area contributed by atoms with Crippen molar-refractivity contribution in [2.24, 2.45) is 4.99 Å². The van der Waals surface area contributed by atoms with Crippen LogP contribution in [0.25, 0.3) is 0 Å². The first-order chi connectivity index (χ1) is 12.1. The number of hydrogen-bond acceptors (Lipinski definition) is 2. The van der Waals surface area contributed by atoms with Crippen molar-refractivity contribution < 1.29 is 8.78 Å². The maximum absolute atomic E-state index is 13.9. The molecular weight excluding hydrogens is 322 g/mol. The van der Waals surface area contributed by atoms with E-state index in [0.717, 1.165) is 31.4 Å². The summed E-state index contributed by atoms with van der Waals surface area (Å²) >= 11 is 0. The molecule has 6 heteroatoms. The third kappa shape index (κ3) is 3.50. The molecule has 3 aliphatic rings. The smallest absolute Gasteiger partial charge is 0.191 e. The predicted molar refractivity (Wildman–Crippen MR) is 94.7 cm³/mol. The van der Waals surface area contributed by atoms with Crippen LogP contribution in [-0.4, -0.2) is 48.6 Å². The van der Waals surface area contributed by atoms with Gasteiger partial charge in [0.2, 0.25) is 0 Å². The summed E-state index contributed by atoms with van der Waals surface area (Å²) in [5, 5.41) is 6.82. The average molecular weight is 348 g/mol. The molecule has 1 aliphatic heterocycles. The molecule has 0 aromatic heterocycles. The van der Waals surface area contributed by atoms with Gasteiger partial charge in [0, 0.05) is 49.2 Å². The molecule has 4 atom stereocenters. The van der Waals surface area contributed by atoms with Crippen molar-refractivity contribution in [1.29, 1.82) is 0 Å². The largest absolute Gasteiger partial charge is 0.353 e. The maximum atomic E-state index is 13.9. The number of likely N-dealkylation sites (tertiary alicyclic amines) is 1. The maximum Gasteiger partial charge on any atom is 0.191 e. The lowest BCUT2D eigenvalue weighted by molar-refractivity contribution is 0.256. The average Bonchev–Trinajstić information content (AvgIpc) is 3.48. The fourth-order valence-corrected chi connectivity index (χ4v) is 4.15. The van der Waals surface area contributed by atoms with E-state index >= 15 is 0 Å². The van der Waals surface area contributed by atoms with Crippen LogP contribution in [-0.2, 0) is 0 Å². The Morgan fingerprint density at radius 1 is 1.16 bits per heavy atom. The Hall–Kier alpha value is -1.69. The molecule has 4 nitrogen and oxygen atoms in total.